The van der Waals surface area contributed by atoms with Gasteiger partial charge in [0, 0.05) is 16.5 Å². The van der Waals surface area contributed by atoms with Gasteiger partial charge in [-0.25, -0.2) is 9.97 Å². The lowest BCUT2D eigenvalue weighted by atomic mass is 9.92. The van der Waals surface area contributed by atoms with Crippen LogP contribution in [0.5, 0.6) is 11.5 Å². The lowest BCUT2D eigenvalue weighted by Gasteiger charge is -2.22. The van der Waals surface area contributed by atoms with E-state index in [-0.39, 0.29) is 23.3 Å². The molecule has 0 aliphatic rings. The molecule has 0 aliphatic carbocycles. The van der Waals surface area contributed by atoms with Gasteiger partial charge < -0.3 is 10.2 Å². The van der Waals surface area contributed by atoms with E-state index >= 15 is 0 Å². The fraction of sp³-hybridized carbons (Fsp3) is 0.150. The Hall–Kier alpha value is -5.42. The fourth-order valence-corrected chi connectivity index (χ4v) is 6.36. The van der Waals surface area contributed by atoms with Crippen LogP contribution in [0.2, 0.25) is 0 Å². The van der Waals surface area contributed by atoms with Crippen molar-refractivity contribution in [1.29, 1.82) is 0 Å². The number of aromatic hydroxyl groups is 2. The molecule has 5 aromatic carbocycles. The van der Waals surface area contributed by atoms with E-state index in [2.05, 4.69) is 80.8 Å². The van der Waals surface area contributed by atoms with Gasteiger partial charge in [0.1, 0.15) is 17.3 Å². The molecule has 0 fully saturated rings. The Morgan fingerprint density at radius 3 is 1.82 bits per heavy atom. The summed E-state index contributed by atoms with van der Waals surface area (Å²) in [4.78, 5) is 10.5. The molecule has 2 aromatic heterocycles. The van der Waals surface area contributed by atoms with Crippen molar-refractivity contribution >= 4 is 21.8 Å². The van der Waals surface area contributed by atoms with Gasteiger partial charge in [0.2, 0.25) is 0 Å². The Bertz CT molecular complexity index is 2180. The van der Waals surface area contributed by atoms with Crippen molar-refractivity contribution in [1.82, 2.24) is 14.5 Å². The van der Waals surface area contributed by atoms with E-state index in [1.54, 1.807) is 12.1 Å². The molecule has 2 heterocycles. The number of benzene rings is 5. The summed E-state index contributed by atoms with van der Waals surface area (Å²) in [5.41, 5.74) is 8.93. The topological polar surface area (TPSA) is 71.2 Å². The molecule has 0 unspecified atom stereocenters. The van der Waals surface area contributed by atoms with Gasteiger partial charge in [-0.15, -0.1) is 0 Å². The van der Waals surface area contributed by atoms with Gasteiger partial charge in [-0.2, -0.15) is 0 Å². The summed E-state index contributed by atoms with van der Waals surface area (Å²) in [6.45, 7) is 8.86. The van der Waals surface area contributed by atoms with Crippen LogP contribution in [0.15, 0.2) is 115 Å². The molecule has 45 heavy (non-hydrogen) atoms. The third-order valence-electron chi connectivity index (χ3n) is 8.57. The number of para-hydroxylation sites is 4. The van der Waals surface area contributed by atoms with Gasteiger partial charge in [-0.05, 0) is 64.7 Å². The van der Waals surface area contributed by atoms with Crippen molar-refractivity contribution in [2.75, 3.05) is 0 Å². The predicted octanol–water partition coefficient (Wildman–Crippen LogP) is 10.2. The summed E-state index contributed by atoms with van der Waals surface area (Å²) < 4.78 is 2.23. The number of hydrogen-bond acceptors (Lipinski definition) is 4. The number of aromatic nitrogens is 3. The standard InChI is InChI=1S/C40H35N3O2/c1-24(2)27-17-11-18-28(25(3)4)39(27)43-34-20-12-19-32(38(34)42-40(43)31-16-8-10-22-36(31)45)37-29-14-6-5-13-26(29)23-33(41-37)30-15-7-9-21-35(30)44/h5-25,44-45H,1-4H3. The third-order valence-corrected chi connectivity index (χ3v) is 8.57. The zero-order valence-electron chi connectivity index (χ0n) is 25.9. The maximum atomic E-state index is 11.1. The van der Waals surface area contributed by atoms with E-state index in [0.29, 0.717) is 22.6 Å². The second-order valence-electron chi connectivity index (χ2n) is 12.2. The van der Waals surface area contributed by atoms with Crippen LogP contribution in [0.4, 0.5) is 0 Å². The highest BCUT2D eigenvalue weighted by atomic mass is 16.3. The number of hydrogen-bond donors (Lipinski definition) is 2. The number of fused-ring (bicyclic) bond motifs is 2. The lowest BCUT2D eigenvalue weighted by molar-refractivity contribution is 0.476. The lowest BCUT2D eigenvalue weighted by Crippen LogP contribution is -2.08. The summed E-state index contributed by atoms with van der Waals surface area (Å²) in [7, 11) is 0. The summed E-state index contributed by atoms with van der Waals surface area (Å²) in [6, 6.07) is 37.7. The van der Waals surface area contributed by atoms with Crippen molar-refractivity contribution in [2.24, 2.45) is 0 Å². The smallest absolute Gasteiger partial charge is 0.149 e. The Labute approximate surface area is 263 Å². The average Bonchev–Trinajstić information content (AvgIpc) is 3.43. The number of rotatable bonds is 6. The molecule has 5 heteroatoms. The zero-order chi connectivity index (χ0) is 31.2. The minimum Gasteiger partial charge on any atom is -0.507 e. The molecule has 0 saturated heterocycles. The SMILES string of the molecule is CC(C)c1cccc(C(C)C)c1-n1c(-c2ccccc2O)nc2c(-c3nc(-c4ccccc4O)cc4ccccc34)cccc21. The largest absolute Gasteiger partial charge is 0.507 e. The molecule has 0 spiro atoms. The minimum absolute atomic E-state index is 0.175. The van der Waals surface area contributed by atoms with Gasteiger partial charge in [0.15, 0.2) is 0 Å². The summed E-state index contributed by atoms with van der Waals surface area (Å²) >= 11 is 0. The maximum absolute atomic E-state index is 11.1. The Morgan fingerprint density at radius 2 is 1.16 bits per heavy atom. The van der Waals surface area contributed by atoms with Gasteiger partial charge in [0.25, 0.3) is 0 Å². The molecule has 0 bridgehead atoms. The first-order valence-electron chi connectivity index (χ1n) is 15.4. The number of phenolic OH excluding ortho intramolecular Hbond substituents is 2. The Morgan fingerprint density at radius 1 is 0.578 bits per heavy atom. The van der Waals surface area contributed by atoms with Crippen LogP contribution in [0.25, 0.3) is 61.4 Å². The molecule has 0 atom stereocenters. The van der Waals surface area contributed by atoms with E-state index in [0.717, 1.165) is 38.8 Å². The van der Waals surface area contributed by atoms with Crippen LogP contribution in [0.1, 0.15) is 50.7 Å². The van der Waals surface area contributed by atoms with Crippen molar-refractivity contribution in [2.45, 2.75) is 39.5 Å². The molecule has 5 nitrogen and oxygen atoms in total. The maximum Gasteiger partial charge on any atom is 0.149 e. The summed E-state index contributed by atoms with van der Waals surface area (Å²) in [5.74, 6) is 1.55. The van der Waals surface area contributed by atoms with E-state index in [9.17, 15) is 10.2 Å². The summed E-state index contributed by atoms with van der Waals surface area (Å²) in [6.07, 6.45) is 0. The van der Waals surface area contributed by atoms with Gasteiger partial charge >= 0.3 is 0 Å². The molecule has 0 radical (unpaired) electrons. The first kappa shape index (κ1) is 28.4. The van der Waals surface area contributed by atoms with Crippen LogP contribution < -0.4 is 0 Å². The first-order valence-corrected chi connectivity index (χ1v) is 15.4. The Balaban J connectivity index is 1.61. The molecule has 0 amide bonds. The van der Waals surface area contributed by atoms with Gasteiger partial charge in [-0.3, -0.25) is 4.57 Å². The monoisotopic (exact) mass is 589 g/mol. The number of nitrogens with zero attached hydrogens (tertiary/aromatic N) is 3. The average molecular weight is 590 g/mol. The number of imidazole rings is 1. The molecule has 7 aromatic rings. The summed E-state index contributed by atoms with van der Waals surface area (Å²) in [5, 5.41) is 23.9. The van der Waals surface area contributed by atoms with Crippen molar-refractivity contribution in [3.8, 4) is 51.1 Å². The highest BCUT2D eigenvalue weighted by molar-refractivity contribution is 6.04. The van der Waals surface area contributed by atoms with Crippen LogP contribution >= 0.6 is 0 Å². The van der Waals surface area contributed by atoms with E-state index < -0.39 is 0 Å². The second kappa shape index (κ2) is 11.3. The van der Waals surface area contributed by atoms with Crippen LogP contribution in [-0.2, 0) is 0 Å². The van der Waals surface area contributed by atoms with E-state index in [1.165, 1.54) is 11.1 Å². The fourth-order valence-electron chi connectivity index (χ4n) is 6.36. The quantitative estimate of drug-likeness (QED) is 0.202. The highest BCUT2D eigenvalue weighted by Gasteiger charge is 2.25. The molecule has 7 rings (SSSR count). The van der Waals surface area contributed by atoms with Crippen molar-refractivity contribution < 1.29 is 10.2 Å². The molecular weight excluding hydrogens is 554 g/mol. The van der Waals surface area contributed by atoms with Crippen molar-refractivity contribution in [3.05, 3.63) is 126 Å². The van der Waals surface area contributed by atoms with Crippen LogP contribution in [0, 0.1) is 0 Å². The second-order valence-corrected chi connectivity index (χ2v) is 12.2. The predicted molar refractivity (Wildman–Crippen MR) is 184 cm³/mol. The van der Waals surface area contributed by atoms with Gasteiger partial charge in [-0.1, -0.05) is 107 Å². The molecule has 2 N–H and O–H groups in total. The highest BCUT2D eigenvalue weighted by Crippen LogP contribution is 2.42. The first-order chi connectivity index (χ1) is 21.8. The number of pyridine rings is 1. The number of phenols is 2. The van der Waals surface area contributed by atoms with E-state index in [4.69, 9.17) is 9.97 Å². The van der Waals surface area contributed by atoms with Crippen LogP contribution in [0.3, 0.4) is 0 Å². The molecular formula is C40H35N3O2. The third kappa shape index (κ3) is 4.81. The normalized spacial score (nSPS) is 11.7. The molecule has 0 aliphatic heterocycles. The van der Waals surface area contributed by atoms with E-state index in [1.807, 2.05) is 54.6 Å². The zero-order valence-corrected chi connectivity index (χ0v) is 25.9. The minimum atomic E-state index is 0.175. The Kier molecular flexibility index (Phi) is 7.09. The molecule has 222 valence electrons. The molecule has 0 saturated carbocycles. The van der Waals surface area contributed by atoms with Crippen molar-refractivity contribution in [3.63, 3.8) is 0 Å². The van der Waals surface area contributed by atoms with Gasteiger partial charge in [0.05, 0.1) is 33.7 Å². The van der Waals surface area contributed by atoms with Crippen LogP contribution in [-0.4, -0.2) is 24.7 Å².